The first kappa shape index (κ1) is 18.0. The van der Waals surface area contributed by atoms with Crippen molar-refractivity contribution >= 4 is 35.0 Å². The third-order valence-electron chi connectivity index (χ3n) is 4.56. The maximum Gasteiger partial charge on any atom is 0.219 e. The number of rotatable bonds is 5. The minimum atomic E-state index is -0.276. The molecule has 4 N–H and O–H groups in total. The molecule has 144 valence electrons. The Hall–Kier alpha value is -2.39. The van der Waals surface area contributed by atoms with Crippen molar-refractivity contribution in [3.05, 3.63) is 12.4 Å². The summed E-state index contributed by atoms with van der Waals surface area (Å²) >= 11 is 6.08. The van der Waals surface area contributed by atoms with Gasteiger partial charge in [0.1, 0.15) is 5.69 Å². The van der Waals surface area contributed by atoms with Crippen molar-refractivity contribution in [3.63, 3.8) is 0 Å². The second-order valence-corrected chi connectivity index (χ2v) is 7.66. The van der Waals surface area contributed by atoms with Gasteiger partial charge in [-0.3, -0.25) is 4.84 Å². The Morgan fingerprint density at radius 2 is 2.00 bits per heavy atom. The predicted octanol–water partition coefficient (Wildman–Crippen LogP) is 2.27. The van der Waals surface area contributed by atoms with E-state index in [0.29, 0.717) is 48.6 Å². The molecule has 2 aliphatic rings. The summed E-state index contributed by atoms with van der Waals surface area (Å²) in [6.45, 7) is 6.14. The van der Waals surface area contributed by atoms with E-state index in [1.54, 1.807) is 12.4 Å². The highest BCUT2D eigenvalue weighted by atomic mass is 35.5. The summed E-state index contributed by atoms with van der Waals surface area (Å²) in [6.07, 6.45) is 5.48. The van der Waals surface area contributed by atoms with Gasteiger partial charge in [0.2, 0.25) is 5.95 Å². The van der Waals surface area contributed by atoms with Crippen molar-refractivity contribution in [1.82, 2.24) is 19.9 Å². The molecule has 1 saturated carbocycles. The van der Waals surface area contributed by atoms with Crippen molar-refractivity contribution in [2.24, 2.45) is 0 Å². The number of aromatic nitrogens is 4. The summed E-state index contributed by atoms with van der Waals surface area (Å²) in [4.78, 5) is 22.5. The second kappa shape index (κ2) is 6.97. The monoisotopic (exact) mass is 390 g/mol. The van der Waals surface area contributed by atoms with Crippen molar-refractivity contribution in [2.75, 3.05) is 40.5 Å². The molecule has 0 radical (unpaired) electrons. The van der Waals surface area contributed by atoms with E-state index < -0.39 is 0 Å². The zero-order valence-corrected chi connectivity index (χ0v) is 16.1. The van der Waals surface area contributed by atoms with E-state index in [0.717, 1.165) is 18.7 Å². The standard InChI is InChI=1S/C17H23ClN8O/c1-17(2)9-26(5-6-27-17)15-12(25-18)14(22-11-3-4-11)23-13(24-15)10-7-20-16(19)21-8-10/h7-8,11,25H,3-6,9H2,1-2H3,(H2,19,20,21)(H,22,23,24). The number of halogens is 1. The predicted molar refractivity (Wildman–Crippen MR) is 106 cm³/mol. The largest absolute Gasteiger partial charge is 0.372 e. The van der Waals surface area contributed by atoms with Crippen LogP contribution in [0.5, 0.6) is 0 Å². The lowest BCUT2D eigenvalue weighted by molar-refractivity contribution is -0.0278. The van der Waals surface area contributed by atoms with E-state index in [1.807, 2.05) is 0 Å². The molecular formula is C17H23ClN8O. The molecule has 0 bridgehead atoms. The molecule has 0 aromatic carbocycles. The molecule has 0 atom stereocenters. The van der Waals surface area contributed by atoms with Gasteiger partial charge in [-0.25, -0.2) is 19.9 Å². The van der Waals surface area contributed by atoms with Crippen LogP contribution in [0.3, 0.4) is 0 Å². The number of hydrogen-bond donors (Lipinski definition) is 3. The molecule has 1 saturated heterocycles. The van der Waals surface area contributed by atoms with Gasteiger partial charge in [0.25, 0.3) is 0 Å². The molecule has 9 nitrogen and oxygen atoms in total. The highest BCUT2D eigenvalue weighted by Crippen LogP contribution is 2.37. The van der Waals surface area contributed by atoms with Crippen LogP contribution in [0.25, 0.3) is 11.4 Å². The lowest BCUT2D eigenvalue weighted by Gasteiger charge is -2.39. The summed E-state index contributed by atoms with van der Waals surface area (Å²) in [5.74, 6) is 2.14. The topological polar surface area (TPSA) is 114 Å². The van der Waals surface area contributed by atoms with Crippen LogP contribution in [0, 0.1) is 0 Å². The number of anilines is 4. The molecule has 4 rings (SSSR count). The number of ether oxygens (including phenoxy) is 1. The van der Waals surface area contributed by atoms with Gasteiger partial charge in [0.05, 0.1) is 17.8 Å². The van der Waals surface area contributed by atoms with Crippen LogP contribution < -0.4 is 20.8 Å². The molecule has 27 heavy (non-hydrogen) atoms. The van der Waals surface area contributed by atoms with Crippen LogP contribution in [-0.2, 0) is 4.74 Å². The van der Waals surface area contributed by atoms with Gasteiger partial charge in [-0.1, -0.05) is 0 Å². The van der Waals surface area contributed by atoms with Crippen molar-refractivity contribution in [1.29, 1.82) is 0 Å². The van der Waals surface area contributed by atoms with Gasteiger partial charge >= 0.3 is 0 Å². The molecule has 0 unspecified atom stereocenters. The maximum absolute atomic E-state index is 6.08. The third-order valence-corrected chi connectivity index (χ3v) is 4.75. The van der Waals surface area contributed by atoms with Gasteiger partial charge in [0.15, 0.2) is 17.5 Å². The Kier molecular flexibility index (Phi) is 4.65. The second-order valence-electron chi connectivity index (χ2n) is 7.47. The van der Waals surface area contributed by atoms with Crippen LogP contribution in [0.1, 0.15) is 26.7 Å². The fourth-order valence-electron chi connectivity index (χ4n) is 3.07. The van der Waals surface area contributed by atoms with E-state index in [4.69, 9.17) is 27.2 Å². The van der Waals surface area contributed by atoms with Gasteiger partial charge in [-0.05, 0) is 26.7 Å². The van der Waals surface area contributed by atoms with Gasteiger partial charge in [0, 0.05) is 43.3 Å². The number of nitrogens with one attached hydrogen (secondary N) is 2. The Morgan fingerprint density at radius 1 is 1.26 bits per heavy atom. The fourth-order valence-corrected chi connectivity index (χ4v) is 3.24. The van der Waals surface area contributed by atoms with Gasteiger partial charge < -0.3 is 20.7 Å². The van der Waals surface area contributed by atoms with Crippen LogP contribution in [0.4, 0.5) is 23.3 Å². The quantitative estimate of drug-likeness (QED) is 0.661. The molecule has 10 heteroatoms. The zero-order valence-electron chi connectivity index (χ0n) is 15.4. The minimum Gasteiger partial charge on any atom is -0.372 e. The van der Waals surface area contributed by atoms with Crippen LogP contribution in [0.15, 0.2) is 12.4 Å². The fraction of sp³-hybridized carbons (Fsp3) is 0.529. The zero-order chi connectivity index (χ0) is 19.0. The summed E-state index contributed by atoms with van der Waals surface area (Å²) in [5.41, 5.74) is 6.69. The SMILES string of the molecule is CC1(C)CN(c2nc(-c3cnc(N)nc3)nc(NC3CC3)c2NCl)CCO1. The molecule has 1 aliphatic heterocycles. The molecule has 3 heterocycles. The Bertz CT molecular complexity index is 824. The highest BCUT2D eigenvalue weighted by Gasteiger charge is 2.32. The van der Waals surface area contributed by atoms with Gasteiger partial charge in [-0.15, -0.1) is 0 Å². The number of nitrogen functional groups attached to an aromatic ring is 1. The first-order chi connectivity index (χ1) is 12.9. The summed E-state index contributed by atoms with van der Waals surface area (Å²) < 4.78 is 5.84. The smallest absolute Gasteiger partial charge is 0.219 e. The van der Waals surface area contributed by atoms with Crippen LogP contribution in [-0.4, -0.2) is 51.3 Å². The minimum absolute atomic E-state index is 0.212. The first-order valence-corrected chi connectivity index (χ1v) is 9.35. The number of nitrogens with two attached hydrogens (primary N) is 1. The molecule has 2 fully saturated rings. The molecule has 0 spiro atoms. The summed E-state index contributed by atoms with van der Waals surface area (Å²) in [7, 11) is 0. The molecule has 2 aromatic rings. The summed E-state index contributed by atoms with van der Waals surface area (Å²) in [5, 5.41) is 3.44. The molecule has 1 aliphatic carbocycles. The van der Waals surface area contributed by atoms with Crippen molar-refractivity contribution in [3.8, 4) is 11.4 Å². The third kappa shape index (κ3) is 3.98. The Balaban J connectivity index is 1.79. The van der Waals surface area contributed by atoms with Crippen molar-refractivity contribution < 1.29 is 4.74 Å². The average Bonchev–Trinajstić information content (AvgIpc) is 3.45. The number of hydrogen-bond acceptors (Lipinski definition) is 9. The van der Waals surface area contributed by atoms with Gasteiger partial charge in [-0.2, -0.15) is 0 Å². The normalized spacial score (nSPS) is 19.0. The van der Waals surface area contributed by atoms with E-state index in [1.165, 1.54) is 0 Å². The molecular weight excluding hydrogens is 368 g/mol. The van der Waals surface area contributed by atoms with Crippen LogP contribution in [0.2, 0.25) is 0 Å². The van der Waals surface area contributed by atoms with Crippen molar-refractivity contribution in [2.45, 2.75) is 38.3 Å². The Labute approximate surface area is 162 Å². The highest BCUT2D eigenvalue weighted by molar-refractivity contribution is 6.25. The van der Waals surface area contributed by atoms with E-state index >= 15 is 0 Å². The summed E-state index contributed by atoms with van der Waals surface area (Å²) in [6, 6.07) is 0.410. The lowest BCUT2D eigenvalue weighted by Crippen LogP contribution is -2.48. The number of nitrogens with zero attached hydrogens (tertiary/aromatic N) is 5. The van der Waals surface area contributed by atoms with Crippen LogP contribution >= 0.6 is 11.8 Å². The lowest BCUT2D eigenvalue weighted by atomic mass is 10.1. The van der Waals surface area contributed by atoms with E-state index in [9.17, 15) is 0 Å². The first-order valence-electron chi connectivity index (χ1n) is 8.97. The molecule has 2 aromatic heterocycles. The van der Waals surface area contributed by atoms with E-state index in [-0.39, 0.29) is 11.5 Å². The Morgan fingerprint density at radius 3 is 2.63 bits per heavy atom. The average molecular weight is 391 g/mol. The van der Waals surface area contributed by atoms with E-state index in [2.05, 4.69) is 43.9 Å². The molecule has 0 amide bonds. The number of morpholine rings is 1. The maximum atomic E-state index is 6.08.